The molecule has 2 aromatic heterocycles. The molecule has 0 unspecified atom stereocenters. The molecule has 0 saturated carbocycles. The first-order valence-corrected chi connectivity index (χ1v) is 6.40. The van der Waals surface area contributed by atoms with Gasteiger partial charge in [-0.15, -0.1) is 0 Å². The molecule has 0 saturated heterocycles. The van der Waals surface area contributed by atoms with Gasteiger partial charge >= 0.3 is 5.97 Å². The van der Waals surface area contributed by atoms with E-state index >= 15 is 0 Å². The van der Waals surface area contributed by atoms with Crippen molar-refractivity contribution in [3.05, 3.63) is 53.3 Å². The maximum atomic E-state index is 11.1. The summed E-state index contributed by atoms with van der Waals surface area (Å²) in [5.41, 5.74) is 2.65. The SMILES string of the molecule is Cn1c(C(=O)O)ccc1-c1ccc(Cl)c2cccnc12. The fraction of sp³-hybridized carbons (Fsp3) is 0.0667. The van der Waals surface area contributed by atoms with E-state index in [2.05, 4.69) is 4.98 Å². The lowest BCUT2D eigenvalue weighted by Gasteiger charge is -2.09. The molecule has 0 bridgehead atoms. The van der Waals surface area contributed by atoms with Crippen LogP contribution < -0.4 is 0 Å². The van der Waals surface area contributed by atoms with Gasteiger partial charge < -0.3 is 9.67 Å². The lowest BCUT2D eigenvalue weighted by Crippen LogP contribution is -2.05. The van der Waals surface area contributed by atoms with Gasteiger partial charge in [0.15, 0.2) is 0 Å². The normalized spacial score (nSPS) is 10.9. The Morgan fingerprint density at radius 1 is 1.25 bits per heavy atom. The fourth-order valence-corrected chi connectivity index (χ4v) is 2.56. The van der Waals surface area contributed by atoms with Crippen LogP contribution in [0.3, 0.4) is 0 Å². The molecule has 5 heteroatoms. The molecule has 3 aromatic rings. The molecule has 0 aliphatic rings. The Kier molecular flexibility index (Phi) is 2.95. The third-order valence-electron chi connectivity index (χ3n) is 3.33. The van der Waals surface area contributed by atoms with Crippen LogP contribution in [0.25, 0.3) is 22.2 Å². The molecule has 4 nitrogen and oxygen atoms in total. The summed E-state index contributed by atoms with van der Waals surface area (Å²) in [6, 6.07) is 10.7. The van der Waals surface area contributed by atoms with Crippen molar-refractivity contribution >= 4 is 28.5 Å². The van der Waals surface area contributed by atoms with Gasteiger partial charge in [0.1, 0.15) is 5.69 Å². The van der Waals surface area contributed by atoms with E-state index in [0.29, 0.717) is 5.02 Å². The van der Waals surface area contributed by atoms with Crippen LogP contribution in [0.2, 0.25) is 5.02 Å². The summed E-state index contributed by atoms with van der Waals surface area (Å²) >= 11 is 6.17. The van der Waals surface area contributed by atoms with Crippen LogP contribution >= 0.6 is 11.6 Å². The van der Waals surface area contributed by atoms with Gasteiger partial charge in [-0.25, -0.2) is 4.79 Å². The third kappa shape index (κ3) is 1.85. The number of pyridine rings is 1. The molecule has 0 aliphatic heterocycles. The Morgan fingerprint density at radius 2 is 2.05 bits per heavy atom. The van der Waals surface area contributed by atoms with Crippen molar-refractivity contribution in [1.82, 2.24) is 9.55 Å². The minimum atomic E-state index is -0.954. The van der Waals surface area contributed by atoms with Crippen LogP contribution in [0.5, 0.6) is 0 Å². The summed E-state index contributed by atoms with van der Waals surface area (Å²) in [6.45, 7) is 0. The number of hydrogen-bond acceptors (Lipinski definition) is 2. The van der Waals surface area contributed by atoms with Gasteiger partial charge in [-0.2, -0.15) is 0 Å². The van der Waals surface area contributed by atoms with Crippen LogP contribution in [0, 0.1) is 0 Å². The second-order valence-electron chi connectivity index (χ2n) is 4.46. The van der Waals surface area contributed by atoms with Crippen LogP contribution in [0.1, 0.15) is 10.5 Å². The van der Waals surface area contributed by atoms with Crippen molar-refractivity contribution in [2.24, 2.45) is 7.05 Å². The van der Waals surface area contributed by atoms with Gasteiger partial charge in [-0.1, -0.05) is 11.6 Å². The molecule has 0 radical (unpaired) electrons. The number of carboxylic acids is 1. The number of nitrogens with zero attached hydrogens (tertiary/aromatic N) is 2. The summed E-state index contributed by atoms with van der Waals surface area (Å²) in [6.07, 6.45) is 1.70. The number of carboxylic acid groups (broad SMARTS) is 1. The topological polar surface area (TPSA) is 55.1 Å². The molecule has 20 heavy (non-hydrogen) atoms. The summed E-state index contributed by atoms with van der Waals surface area (Å²) in [5, 5.41) is 10.6. The molecule has 0 atom stereocenters. The highest BCUT2D eigenvalue weighted by atomic mass is 35.5. The maximum Gasteiger partial charge on any atom is 0.352 e. The molecule has 0 aliphatic carbocycles. The molecular weight excluding hydrogens is 276 g/mol. The van der Waals surface area contributed by atoms with Crippen molar-refractivity contribution in [3.8, 4) is 11.3 Å². The molecule has 2 heterocycles. The van der Waals surface area contributed by atoms with Gasteiger partial charge in [-0.05, 0) is 36.4 Å². The Morgan fingerprint density at radius 3 is 2.75 bits per heavy atom. The van der Waals surface area contributed by atoms with Gasteiger partial charge in [0.05, 0.1) is 16.2 Å². The average molecular weight is 287 g/mol. The van der Waals surface area contributed by atoms with Crippen LogP contribution in [-0.4, -0.2) is 20.6 Å². The summed E-state index contributed by atoms with van der Waals surface area (Å²) in [4.78, 5) is 15.5. The Labute approximate surface area is 120 Å². The van der Waals surface area contributed by atoms with Crippen LogP contribution in [-0.2, 0) is 7.05 Å². The Hall–Kier alpha value is -2.33. The first kappa shape index (κ1) is 12.7. The summed E-state index contributed by atoms with van der Waals surface area (Å²) in [7, 11) is 1.72. The number of rotatable bonds is 2. The second-order valence-corrected chi connectivity index (χ2v) is 4.87. The van der Waals surface area contributed by atoms with Gasteiger partial charge in [0, 0.05) is 24.2 Å². The van der Waals surface area contributed by atoms with E-state index in [9.17, 15) is 4.79 Å². The van der Waals surface area contributed by atoms with E-state index in [4.69, 9.17) is 16.7 Å². The second kappa shape index (κ2) is 4.65. The van der Waals surface area contributed by atoms with Gasteiger partial charge in [0.2, 0.25) is 0 Å². The Bertz CT molecular complexity index is 824. The van der Waals surface area contributed by atoms with E-state index in [1.165, 1.54) is 0 Å². The molecule has 1 aromatic carbocycles. The van der Waals surface area contributed by atoms with E-state index < -0.39 is 5.97 Å². The lowest BCUT2D eigenvalue weighted by atomic mass is 10.1. The summed E-state index contributed by atoms with van der Waals surface area (Å²) < 4.78 is 1.64. The van der Waals surface area contributed by atoms with Crippen molar-refractivity contribution < 1.29 is 9.90 Å². The zero-order chi connectivity index (χ0) is 14.3. The van der Waals surface area contributed by atoms with Crippen molar-refractivity contribution in [3.63, 3.8) is 0 Å². The number of fused-ring (bicyclic) bond motifs is 1. The number of aromatic carboxylic acids is 1. The zero-order valence-corrected chi connectivity index (χ0v) is 11.4. The average Bonchev–Trinajstić information content (AvgIpc) is 2.82. The molecular formula is C15H11ClN2O2. The van der Waals surface area contributed by atoms with E-state index in [1.807, 2.05) is 18.2 Å². The van der Waals surface area contributed by atoms with E-state index in [0.717, 1.165) is 22.2 Å². The van der Waals surface area contributed by atoms with E-state index in [-0.39, 0.29) is 5.69 Å². The maximum absolute atomic E-state index is 11.1. The number of benzene rings is 1. The predicted molar refractivity (Wildman–Crippen MR) is 78.1 cm³/mol. The Balaban J connectivity index is 2.31. The van der Waals surface area contributed by atoms with Crippen molar-refractivity contribution in [2.75, 3.05) is 0 Å². The largest absolute Gasteiger partial charge is 0.477 e. The number of halogens is 1. The minimum absolute atomic E-state index is 0.235. The number of carbonyl (C=O) groups is 1. The first-order valence-electron chi connectivity index (χ1n) is 6.02. The van der Waals surface area contributed by atoms with Crippen LogP contribution in [0.15, 0.2) is 42.6 Å². The highest BCUT2D eigenvalue weighted by Crippen LogP contribution is 2.32. The number of aromatic nitrogens is 2. The molecule has 1 N–H and O–H groups in total. The van der Waals surface area contributed by atoms with Gasteiger partial charge in [0.25, 0.3) is 0 Å². The quantitative estimate of drug-likeness (QED) is 0.783. The highest BCUT2D eigenvalue weighted by molar-refractivity contribution is 6.35. The monoisotopic (exact) mass is 286 g/mol. The minimum Gasteiger partial charge on any atom is -0.477 e. The lowest BCUT2D eigenvalue weighted by molar-refractivity contribution is 0.0687. The third-order valence-corrected chi connectivity index (χ3v) is 3.66. The smallest absolute Gasteiger partial charge is 0.352 e. The fourth-order valence-electron chi connectivity index (χ4n) is 2.34. The van der Waals surface area contributed by atoms with Crippen LogP contribution in [0.4, 0.5) is 0 Å². The standard InChI is InChI=1S/C15H11ClN2O2/c1-18-12(6-7-13(18)15(19)20)10-4-5-11(16)9-3-2-8-17-14(9)10/h2-8H,1H3,(H,19,20). The van der Waals surface area contributed by atoms with Crippen molar-refractivity contribution in [2.45, 2.75) is 0 Å². The van der Waals surface area contributed by atoms with Gasteiger partial charge in [-0.3, -0.25) is 4.98 Å². The molecule has 0 spiro atoms. The first-order chi connectivity index (χ1) is 9.59. The zero-order valence-electron chi connectivity index (χ0n) is 10.7. The predicted octanol–water partition coefficient (Wildman–Crippen LogP) is 3.59. The molecule has 0 amide bonds. The molecule has 100 valence electrons. The summed E-state index contributed by atoms with van der Waals surface area (Å²) in [5.74, 6) is -0.954. The molecule has 3 rings (SSSR count). The molecule has 0 fully saturated rings. The number of hydrogen-bond donors (Lipinski definition) is 1. The van der Waals surface area contributed by atoms with Crippen molar-refractivity contribution in [1.29, 1.82) is 0 Å². The van der Waals surface area contributed by atoms with E-state index in [1.54, 1.807) is 36.0 Å². The highest BCUT2D eigenvalue weighted by Gasteiger charge is 2.15.